The van der Waals surface area contributed by atoms with Crippen LogP contribution in [0.5, 0.6) is 0 Å². The van der Waals surface area contributed by atoms with Gasteiger partial charge in [0.25, 0.3) is 0 Å². The van der Waals surface area contributed by atoms with Crippen LogP contribution in [0.3, 0.4) is 0 Å². The van der Waals surface area contributed by atoms with Crippen LogP contribution in [0.1, 0.15) is 50.2 Å². The molecular formula is C27H32N2O5. The van der Waals surface area contributed by atoms with Gasteiger partial charge in [0, 0.05) is 12.5 Å². The minimum atomic E-state index is -0.811. The van der Waals surface area contributed by atoms with E-state index < -0.39 is 24.0 Å². The molecule has 2 unspecified atom stereocenters. The molecule has 2 aromatic rings. The lowest BCUT2D eigenvalue weighted by Crippen LogP contribution is -2.51. The summed E-state index contributed by atoms with van der Waals surface area (Å²) in [7, 11) is 0. The van der Waals surface area contributed by atoms with Crippen molar-refractivity contribution in [3.63, 3.8) is 0 Å². The number of fused-ring (bicyclic) bond motifs is 3. The van der Waals surface area contributed by atoms with Crippen molar-refractivity contribution in [1.29, 1.82) is 0 Å². The molecular weight excluding hydrogens is 432 g/mol. The number of rotatable bonds is 8. The van der Waals surface area contributed by atoms with E-state index in [1.807, 2.05) is 38.1 Å². The number of carboxylic acid groups (broad SMARTS) is 1. The Morgan fingerprint density at radius 2 is 1.62 bits per heavy atom. The number of benzene rings is 2. The van der Waals surface area contributed by atoms with Crippen LogP contribution < -0.4 is 10.6 Å². The fraction of sp³-hybridized carbons (Fsp3) is 0.444. The summed E-state index contributed by atoms with van der Waals surface area (Å²) in [6.45, 7) is 4.17. The SMILES string of the molecule is CC(C)[C@@H](NC(=O)OCC1c2ccccc2-c2ccccc21)C(=O)NCC1CCCC1C(=O)O. The number of carbonyl (C=O) groups is 3. The number of hydrogen-bond donors (Lipinski definition) is 3. The molecule has 34 heavy (non-hydrogen) atoms. The second-order valence-corrected chi connectivity index (χ2v) is 9.57. The van der Waals surface area contributed by atoms with Gasteiger partial charge < -0.3 is 20.5 Å². The lowest BCUT2D eigenvalue weighted by atomic mass is 9.96. The third kappa shape index (κ3) is 4.93. The van der Waals surface area contributed by atoms with Crippen LogP contribution >= 0.6 is 0 Å². The van der Waals surface area contributed by atoms with Crippen molar-refractivity contribution < 1.29 is 24.2 Å². The van der Waals surface area contributed by atoms with E-state index in [-0.39, 0.29) is 30.3 Å². The highest BCUT2D eigenvalue weighted by Gasteiger charge is 2.34. The van der Waals surface area contributed by atoms with Crippen LogP contribution in [0.2, 0.25) is 0 Å². The van der Waals surface area contributed by atoms with E-state index in [1.54, 1.807) is 0 Å². The molecule has 1 fully saturated rings. The molecule has 0 heterocycles. The van der Waals surface area contributed by atoms with Gasteiger partial charge in [-0.3, -0.25) is 9.59 Å². The topological polar surface area (TPSA) is 105 Å². The molecule has 3 N–H and O–H groups in total. The molecule has 2 aliphatic rings. The molecule has 0 aliphatic heterocycles. The minimum Gasteiger partial charge on any atom is -0.481 e. The Bertz CT molecular complexity index is 1020. The largest absolute Gasteiger partial charge is 0.481 e. The van der Waals surface area contributed by atoms with E-state index in [2.05, 4.69) is 34.9 Å². The van der Waals surface area contributed by atoms with Gasteiger partial charge in [-0.1, -0.05) is 68.8 Å². The van der Waals surface area contributed by atoms with Crippen LogP contribution in [0.15, 0.2) is 48.5 Å². The summed E-state index contributed by atoms with van der Waals surface area (Å²) in [5.74, 6) is -1.84. The van der Waals surface area contributed by atoms with Gasteiger partial charge in [-0.2, -0.15) is 0 Å². The lowest BCUT2D eigenvalue weighted by Gasteiger charge is -2.24. The predicted molar refractivity (Wildman–Crippen MR) is 128 cm³/mol. The number of hydrogen-bond acceptors (Lipinski definition) is 4. The van der Waals surface area contributed by atoms with Crippen molar-refractivity contribution in [3.05, 3.63) is 59.7 Å². The molecule has 1 saturated carbocycles. The third-order valence-corrected chi connectivity index (χ3v) is 7.08. The van der Waals surface area contributed by atoms with E-state index in [0.29, 0.717) is 13.0 Å². The van der Waals surface area contributed by atoms with Gasteiger partial charge in [-0.25, -0.2) is 4.79 Å². The van der Waals surface area contributed by atoms with Crippen LogP contribution in [-0.2, 0) is 14.3 Å². The first-order valence-electron chi connectivity index (χ1n) is 12.0. The van der Waals surface area contributed by atoms with E-state index >= 15 is 0 Å². The Morgan fingerprint density at radius 1 is 1.00 bits per heavy atom. The maximum absolute atomic E-state index is 12.8. The van der Waals surface area contributed by atoms with Crippen molar-refractivity contribution >= 4 is 18.0 Å². The Balaban J connectivity index is 1.35. The molecule has 0 saturated heterocycles. The average molecular weight is 465 g/mol. The first kappa shape index (κ1) is 23.8. The Kier molecular flexibility index (Phi) is 7.20. The Morgan fingerprint density at radius 3 is 2.21 bits per heavy atom. The maximum atomic E-state index is 12.8. The molecule has 0 spiro atoms. The minimum absolute atomic E-state index is 0.0557. The van der Waals surface area contributed by atoms with E-state index in [0.717, 1.165) is 35.1 Å². The summed E-state index contributed by atoms with van der Waals surface area (Å²) in [4.78, 5) is 36.9. The number of ether oxygens (including phenoxy) is 1. The normalized spacial score (nSPS) is 19.9. The van der Waals surface area contributed by atoms with Crippen LogP contribution in [0.4, 0.5) is 4.79 Å². The Hall–Kier alpha value is -3.35. The van der Waals surface area contributed by atoms with Crippen molar-refractivity contribution in [2.75, 3.05) is 13.2 Å². The molecule has 2 amide bonds. The first-order chi connectivity index (χ1) is 16.4. The lowest BCUT2D eigenvalue weighted by molar-refractivity contribution is -0.143. The predicted octanol–water partition coefficient (Wildman–Crippen LogP) is 4.17. The van der Waals surface area contributed by atoms with Crippen LogP contribution in [0, 0.1) is 17.8 Å². The zero-order valence-corrected chi connectivity index (χ0v) is 19.6. The number of alkyl carbamates (subject to hydrolysis) is 1. The number of nitrogens with one attached hydrogen (secondary N) is 2. The molecule has 7 nitrogen and oxygen atoms in total. The molecule has 180 valence electrons. The molecule has 0 bridgehead atoms. The number of amides is 2. The highest BCUT2D eigenvalue weighted by molar-refractivity contribution is 5.86. The fourth-order valence-corrected chi connectivity index (χ4v) is 5.25. The average Bonchev–Trinajstić information content (AvgIpc) is 3.42. The second-order valence-electron chi connectivity index (χ2n) is 9.57. The maximum Gasteiger partial charge on any atom is 0.407 e. The fourth-order valence-electron chi connectivity index (χ4n) is 5.25. The highest BCUT2D eigenvalue weighted by Crippen LogP contribution is 2.44. The van der Waals surface area contributed by atoms with Gasteiger partial charge in [-0.15, -0.1) is 0 Å². The zero-order valence-electron chi connectivity index (χ0n) is 19.6. The van der Waals surface area contributed by atoms with Gasteiger partial charge >= 0.3 is 12.1 Å². The summed E-state index contributed by atoms with van der Waals surface area (Å²) in [6.07, 6.45) is 1.63. The summed E-state index contributed by atoms with van der Waals surface area (Å²) in [6, 6.07) is 15.5. The van der Waals surface area contributed by atoms with Crippen molar-refractivity contribution in [1.82, 2.24) is 10.6 Å². The number of carboxylic acids is 1. The quantitative estimate of drug-likeness (QED) is 0.544. The van der Waals surface area contributed by atoms with Gasteiger partial charge in [0.05, 0.1) is 5.92 Å². The Labute approximate surface area is 199 Å². The van der Waals surface area contributed by atoms with Gasteiger partial charge in [0.1, 0.15) is 12.6 Å². The first-order valence-corrected chi connectivity index (χ1v) is 12.0. The summed E-state index contributed by atoms with van der Waals surface area (Å²) < 4.78 is 5.59. The summed E-state index contributed by atoms with van der Waals surface area (Å²) >= 11 is 0. The van der Waals surface area contributed by atoms with Gasteiger partial charge in [0.2, 0.25) is 5.91 Å². The van der Waals surface area contributed by atoms with Crippen molar-refractivity contribution in [2.24, 2.45) is 17.8 Å². The summed E-state index contributed by atoms with van der Waals surface area (Å²) in [5.41, 5.74) is 4.55. The molecule has 2 aromatic carbocycles. The van der Waals surface area contributed by atoms with Crippen molar-refractivity contribution in [2.45, 2.75) is 45.1 Å². The highest BCUT2D eigenvalue weighted by atomic mass is 16.5. The zero-order chi connectivity index (χ0) is 24.2. The van der Waals surface area contributed by atoms with Crippen LogP contribution in [-0.4, -0.2) is 42.3 Å². The molecule has 4 rings (SSSR count). The number of carbonyl (C=O) groups excluding carboxylic acids is 2. The summed E-state index contributed by atoms with van der Waals surface area (Å²) in [5, 5.41) is 14.9. The molecule has 0 aromatic heterocycles. The van der Waals surface area contributed by atoms with E-state index in [4.69, 9.17) is 4.74 Å². The standard InChI is InChI=1S/C27H32N2O5/c1-16(2)24(25(30)28-14-17-8-7-13-18(17)26(31)32)29-27(33)34-15-23-21-11-5-3-9-19(21)20-10-4-6-12-22(20)23/h3-6,9-12,16-18,23-24H,7-8,13-15H2,1-2H3,(H,28,30)(H,29,33)(H,31,32)/t17?,18?,24-/m1/s1. The third-order valence-electron chi connectivity index (χ3n) is 7.08. The smallest absolute Gasteiger partial charge is 0.407 e. The van der Waals surface area contributed by atoms with Crippen LogP contribution in [0.25, 0.3) is 11.1 Å². The second kappa shape index (κ2) is 10.3. The van der Waals surface area contributed by atoms with Crippen molar-refractivity contribution in [3.8, 4) is 11.1 Å². The molecule has 3 atom stereocenters. The van der Waals surface area contributed by atoms with Gasteiger partial charge in [-0.05, 0) is 46.9 Å². The molecule has 7 heteroatoms. The monoisotopic (exact) mass is 464 g/mol. The van der Waals surface area contributed by atoms with E-state index in [1.165, 1.54) is 0 Å². The van der Waals surface area contributed by atoms with E-state index in [9.17, 15) is 19.5 Å². The molecule has 0 radical (unpaired) electrons. The number of aliphatic carboxylic acids is 1. The van der Waals surface area contributed by atoms with Gasteiger partial charge in [0.15, 0.2) is 0 Å². The molecule has 2 aliphatic carbocycles.